The van der Waals surface area contributed by atoms with E-state index in [9.17, 15) is 19.5 Å². The molecule has 11 heteroatoms. The van der Waals surface area contributed by atoms with Crippen molar-refractivity contribution in [3.05, 3.63) is 53.4 Å². The molecule has 0 bridgehead atoms. The summed E-state index contributed by atoms with van der Waals surface area (Å²) in [5.41, 5.74) is 1.10. The molecule has 3 N–H and O–H groups in total. The Bertz CT molecular complexity index is 1560. The number of benzene rings is 1. The molecule has 1 saturated heterocycles. The van der Waals surface area contributed by atoms with Crippen molar-refractivity contribution in [3.8, 4) is 16.9 Å². The summed E-state index contributed by atoms with van der Waals surface area (Å²) in [7, 11) is 1.48. The average Bonchev–Trinajstić information content (AvgIpc) is 3.93. The van der Waals surface area contributed by atoms with E-state index in [0.717, 1.165) is 38.3 Å². The van der Waals surface area contributed by atoms with Crippen LogP contribution in [0.4, 0.5) is 0 Å². The Hall–Kier alpha value is -4.25. The van der Waals surface area contributed by atoms with E-state index in [2.05, 4.69) is 27.1 Å². The predicted octanol–water partition coefficient (Wildman–Crippen LogP) is 5.59. The van der Waals surface area contributed by atoms with Gasteiger partial charge in [0.2, 0.25) is 0 Å². The lowest BCUT2D eigenvalue weighted by atomic mass is 9.95. The number of aromatic carboxylic acids is 1. The summed E-state index contributed by atoms with van der Waals surface area (Å²) in [5, 5.41) is 16.8. The van der Waals surface area contributed by atoms with Crippen LogP contribution < -0.4 is 15.4 Å². The van der Waals surface area contributed by atoms with Crippen LogP contribution in [0, 0.1) is 11.8 Å². The number of carboxylic acids is 1. The van der Waals surface area contributed by atoms with Crippen molar-refractivity contribution >= 4 is 30.2 Å². The smallest absolute Gasteiger partial charge is 0.355 e. The molecule has 3 aliphatic carbocycles. The number of nitrogens with zero attached hydrogens (tertiary/aromatic N) is 3. The minimum atomic E-state index is -1.31. The minimum Gasteiger partial charge on any atom is -0.496 e. The van der Waals surface area contributed by atoms with Gasteiger partial charge in [-0.15, -0.1) is 0 Å². The summed E-state index contributed by atoms with van der Waals surface area (Å²) in [6.45, 7) is 6.46. The number of hydrogen-bond acceptors (Lipinski definition) is 7. The SMILES string of the molecule is C=Cc1cc(C=O)c(-c2ccc(C(=O)NCC3CC3C3CN(C(=NC4CCCCC4)NC4CCCCC4)CCO3)nc2C(=O)O)cc1OC. The lowest BCUT2D eigenvalue weighted by Crippen LogP contribution is -2.54. The number of aldehydes is 1. The molecule has 0 spiro atoms. The van der Waals surface area contributed by atoms with Gasteiger partial charge >= 0.3 is 5.97 Å². The molecule has 262 valence electrons. The number of amides is 1. The van der Waals surface area contributed by atoms with E-state index < -0.39 is 11.9 Å². The number of hydrogen-bond donors (Lipinski definition) is 3. The number of morpholine rings is 1. The second kappa shape index (κ2) is 16.0. The molecular formula is C38H49N5O6. The molecule has 4 fully saturated rings. The van der Waals surface area contributed by atoms with Gasteiger partial charge in [-0.2, -0.15) is 0 Å². The number of nitrogens with one attached hydrogen (secondary N) is 2. The third-order valence-corrected chi connectivity index (χ3v) is 10.6. The van der Waals surface area contributed by atoms with Crippen molar-refractivity contribution in [1.82, 2.24) is 20.5 Å². The quantitative estimate of drug-likeness (QED) is 0.158. The summed E-state index contributed by atoms with van der Waals surface area (Å²) in [6.07, 6.45) is 15.6. The number of carbonyl (C=O) groups is 3. The number of aromatic nitrogens is 1. The van der Waals surface area contributed by atoms with E-state index in [1.165, 1.54) is 70.6 Å². The number of methoxy groups -OCH3 is 1. The highest BCUT2D eigenvalue weighted by Crippen LogP contribution is 2.43. The maximum absolute atomic E-state index is 13.2. The summed E-state index contributed by atoms with van der Waals surface area (Å²) >= 11 is 0. The van der Waals surface area contributed by atoms with E-state index >= 15 is 0 Å². The minimum absolute atomic E-state index is 0.00174. The second-order valence-electron chi connectivity index (χ2n) is 13.8. The molecule has 2 heterocycles. The number of guanidine groups is 1. The van der Waals surface area contributed by atoms with Crippen molar-refractivity contribution < 1.29 is 29.0 Å². The molecule has 49 heavy (non-hydrogen) atoms. The Kier molecular flexibility index (Phi) is 11.3. The van der Waals surface area contributed by atoms with E-state index in [1.54, 1.807) is 18.2 Å². The van der Waals surface area contributed by atoms with Crippen molar-refractivity contribution in [2.24, 2.45) is 16.8 Å². The van der Waals surface area contributed by atoms with Gasteiger partial charge in [-0.25, -0.2) is 14.8 Å². The van der Waals surface area contributed by atoms with Gasteiger partial charge in [0.15, 0.2) is 17.9 Å². The molecule has 0 radical (unpaired) electrons. The summed E-state index contributed by atoms with van der Waals surface area (Å²) in [6, 6.07) is 7.04. The largest absolute Gasteiger partial charge is 0.496 e. The third kappa shape index (κ3) is 8.32. The fraction of sp³-hybridized carbons (Fsp3) is 0.553. The normalized spacial score (nSPS) is 23.4. The number of pyridine rings is 1. The molecule has 11 nitrogen and oxygen atoms in total. The molecule has 4 aliphatic rings. The van der Waals surface area contributed by atoms with Crippen LogP contribution in [0.25, 0.3) is 17.2 Å². The second-order valence-corrected chi connectivity index (χ2v) is 13.8. The maximum atomic E-state index is 13.2. The van der Waals surface area contributed by atoms with Crippen molar-refractivity contribution in [1.29, 1.82) is 0 Å². The van der Waals surface area contributed by atoms with Crippen molar-refractivity contribution in [3.63, 3.8) is 0 Å². The number of rotatable bonds is 11. The van der Waals surface area contributed by atoms with E-state index in [4.69, 9.17) is 14.5 Å². The number of ether oxygens (including phenoxy) is 2. The van der Waals surface area contributed by atoms with Crippen LogP contribution in [0.3, 0.4) is 0 Å². The number of carbonyl (C=O) groups excluding carboxylic acids is 2. The van der Waals surface area contributed by atoms with Gasteiger partial charge in [0.1, 0.15) is 11.4 Å². The van der Waals surface area contributed by atoms with E-state index in [1.807, 2.05) is 0 Å². The number of carboxylic acid groups (broad SMARTS) is 1. The highest BCUT2D eigenvalue weighted by atomic mass is 16.5. The first kappa shape index (κ1) is 34.6. The Balaban J connectivity index is 1.09. The molecule has 1 aromatic heterocycles. The van der Waals surface area contributed by atoms with Crippen LogP contribution in [0.15, 0.2) is 35.8 Å². The van der Waals surface area contributed by atoms with Gasteiger partial charge in [0.05, 0.1) is 25.9 Å². The highest BCUT2D eigenvalue weighted by molar-refractivity contribution is 6.01. The molecular weight excluding hydrogens is 622 g/mol. The third-order valence-electron chi connectivity index (χ3n) is 10.6. The zero-order chi connectivity index (χ0) is 34.3. The van der Waals surface area contributed by atoms with Gasteiger partial charge in [-0.3, -0.25) is 9.59 Å². The first-order valence-electron chi connectivity index (χ1n) is 17.9. The average molecular weight is 672 g/mol. The zero-order valence-corrected chi connectivity index (χ0v) is 28.5. The van der Waals surface area contributed by atoms with Crippen molar-refractivity contribution in [2.75, 3.05) is 33.4 Å². The standard InChI is InChI=1S/C38H49N5O6/c1-3-24-18-26(23-44)30(20-33(24)48-2)29-14-15-32(42-35(29)37(46)47)36(45)39-21-25-19-31(25)34-22-43(16-17-49-34)38(40-27-10-6-4-7-11-27)41-28-12-8-5-9-13-28/h3,14-15,18,20,23,25,27-28,31,34H,1,4-13,16-17,19,21-22H2,2H3,(H,39,45)(H,40,41)(H,46,47). The molecule has 1 aliphatic heterocycles. The van der Waals surface area contributed by atoms with Gasteiger partial charge in [-0.05, 0) is 73.8 Å². The molecule has 2 aromatic rings. The molecule has 3 atom stereocenters. The van der Waals surface area contributed by atoms with Crippen LogP contribution >= 0.6 is 0 Å². The zero-order valence-electron chi connectivity index (χ0n) is 28.5. The molecule has 1 amide bonds. The summed E-state index contributed by atoms with van der Waals surface area (Å²) in [5.74, 6) is 0.332. The fourth-order valence-corrected chi connectivity index (χ4v) is 7.67. The van der Waals surface area contributed by atoms with Gasteiger partial charge in [-0.1, -0.05) is 51.2 Å². The topological polar surface area (TPSA) is 142 Å². The lowest BCUT2D eigenvalue weighted by Gasteiger charge is -2.38. The van der Waals surface area contributed by atoms with E-state index in [-0.39, 0.29) is 34.5 Å². The molecule has 3 unspecified atom stereocenters. The Labute approximate surface area is 288 Å². The Morgan fingerprint density at radius 3 is 2.53 bits per heavy atom. The maximum Gasteiger partial charge on any atom is 0.355 e. The molecule has 3 saturated carbocycles. The molecule has 1 aromatic carbocycles. The first-order valence-corrected chi connectivity index (χ1v) is 17.9. The van der Waals surface area contributed by atoms with Crippen LogP contribution in [-0.4, -0.2) is 90.7 Å². The van der Waals surface area contributed by atoms with Gasteiger partial charge in [0, 0.05) is 42.4 Å². The first-order chi connectivity index (χ1) is 23.9. The van der Waals surface area contributed by atoms with Crippen molar-refractivity contribution in [2.45, 2.75) is 88.8 Å². The Morgan fingerprint density at radius 2 is 1.84 bits per heavy atom. The predicted molar refractivity (Wildman–Crippen MR) is 188 cm³/mol. The number of aliphatic imine (C=N–C) groups is 1. The fourth-order valence-electron chi connectivity index (χ4n) is 7.67. The van der Waals surface area contributed by atoms with Gasteiger partial charge in [0.25, 0.3) is 5.91 Å². The van der Waals surface area contributed by atoms with Crippen LogP contribution in [0.1, 0.15) is 108 Å². The summed E-state index contributed by atoms with van der Waals surface area (Å²) < 4.78 is 11.7. The van der Waals surface area contributed by atoms with Crippen LogP contribution in [-0.2, 0) is 4.74 Å². The van der Waals surface area contributed by atoms with E-state index in [0.29, 0.717) is 54.3 Å². The Morgan fingerprint density at radius 1 is 1.08 bits per heavy atom. The molecule has 6 rings (SSSR count). The van der Waals surface area contributed by atoms with Crippen LogP contribution in [0.2, 0.25) is 0 Å². The monoisotopic (exact) mass is 671 g/mol. The van der Waals surface area contributed by atoms with Crippen LogP contribution in [0.5, 0.6) is 5.75 Å². The highest BCUT2D eigenvalue weighted by Gasteiger charge is 2.45. The summed E-state index contributed by atoms with van der Waals surface area (Å²) in [4.78, 5) is 49.3. The van der Waals surface area contributed by atoms with Gasteiger partial charge < -0.3 is 30.1 Å². The lowest BCUT2D eigenvalue weighted by molar-refractivity contribution is -0.0217.